The van der Waals surface area contributed by atoms with Crippen LogP contribution in [0.25, 0.3) is 0 Å². The van der Waals surface area contributed by atoms with Crippen LogP contribution in [0.1, 0.15) is 12.8 Å². The summed E-state index contributed by atoms with van der Waals surface area (Å²) in [4.78, 5) is 37.4. The third kappa shape index (κ3) is 5.37. The molecule has 0 spiro atoms. The van der Waals surface area contributed by atoms with E-state index in [0.29, 0.717) is 5.69 Å². The molecule has 1 aliphatic heterocycles. The van der Waals surface area contributed by atoms with Crippen molar-refractivity contribution in [1.29, 1.82) is 0 Å². The second kappa shape index (κ2) is 7.41. The molecule has 2 rings (SSSR count). The molecular weight excluding hydrogens is 343 g/mol. The summed E-state index contributed by atoms with van der Waals surface area (Å²) in [6, 6.07) is 4.33. The zero-order valence-corrected chi connectivity index (χ0v) is 13.3. The maximum Gasteiger partial charge on any atom is 0.573 e. The van der Waals surface area contributed by atoms with Gasteiger partial charge in [-0.05, 0) is 30.7 Å². The minimum atomic E-state index is -4.77. The average Bonchev–Trinajstić information content (AvgIpc) is 2.74. The van der Waals surface area contributed by atoms with Crippen LogP contribution in [-0.4, -0.2) is 54.1 Å². The molecule has 7 nitrogen and oxygen atoms in total. The van der Waals surface area contributed by atoms with Crippen LogP contribution in [0.15, 0.2) is 24.3 Å². The second-order valence-corrected chi connectivity index (χ2v) is 5.41. The average molecular weight is 359 g/mol. The first kappa shape index (κ1) is 18.6. The highest BCUT2D eigenvalue weighted by Crippen LogP contribution is 2.24. The number of nitrogens with one attached hydrogen (secondary N) is 1. The summed E-state index contributed by atoms with van der Waals surface area (Å²) < 4.78 is 39.9. The number of nitrogens with zero attached hydrogens (tertiary/aromatic N) is 2. The van der Waals surface area contributed by atoms with Gasteiger partial charge in [0.15, 0.2) is 0 Å². The summed E-state index contributed by atoms with van der Waals surface area (Å²) in [5.74, 6) is -1.08. The van der Waals surface area contributed by atoms with E-state index in [1.165, 1.54) is 24.1 Å². The van der Waals surface area contributed by atoms with Crippen molar-refractivity contribution in [2.75, 3.05) is 25.5 Å². The lowest BCUT2D eigenvalue weighted by molar-refractivity contribution is -0.274. The molecule has 136 valence electrons. The van der Waals surface area contributed by atoms with Gasteiger partial charge in [0.2, 0.25) is 11.8 Å². The number of benzene rings is 1. The van der Waals surface area contributed by atoms with Crippen LogP contribution in [0.5, 0.6) is 5.75 Å². The number of imide groups is 1. The normalized spacial score (nSPS) is 14.9. The SMILES string of the molecule is CN1CC(=O)N(CCCC(=O)Nc2ccc(OC(F)(F)F)cc2)C1=O. The lowest BCUT2D eigenvalue weighted by atomic mass is 10.2. The molecule has 10 heteroatoms. The van der Waals surface area contributed by atoms with Crippen molar-refractivity contribution >= 4 is 23.5 Å². The molecule has 4 amide bonds. The zero-order valence-electron chi connectivity index (χ0n) is 13.3. The van der Waals surface area contributed by atoms with Gasteiger partial charge < -0.3 is 15.0 Å². The first-order chi connectivity index (χ1) is 11.7. The zero-order chi connectivity index (χ0) is 18.6. The molecule has 1 saturated heterocycles. The highest BCUT2D eigenvalue weighted by atomic mass is 19.4. The number of carbonyl (C=O) groups excluding carboxylic acids is 3. The number of rotatable bonds is 6. The quantitative estimate of drug-likeness (QED) is 0.790. The molecule has 0 radical (unpaired) electrons. The molecule has 0 bridgehead atoms. The van der Waals surface area contributed by atoms with Gasteiger partial charge in [-0.1, -0.05) is 0 Å². The van der Waals surface area contributed by atoms with E-state index in [9.17, 15) is 27.6 Å². The van der Waals surface area contributed by atoms with Crippen molar-refractivity contribution in [3.63, 3.8) is 0 Å². The maximum atomic E-state index is 12.1. The molecule has 1 heterocycles. The Labute approximate surface area is 141 Å². The van der Waals surface area contributed by atoms with Gasteiger partial charge in [-0.3, -0.25) is 14.5 Å². The van der Waals surface area contributed by atoms with Gasteiger partial charge in [-0.25, -0.2) is 4.79 Å². The van der Waals surface area contributed by atoms with E-state index >= 15 is 0 Å². The van der Waals surface area contributed by atoms with Crippen LogP contribution in [0.3, 0.4) is 0 Å². The first-order valence-corrected chi connectivity index (χ1v) is 7.37. The fourth-order valence-electron chi connectivity index (χ4n) is 2.25. The largest absolute Gasteiger partial charge is 0.573 e. The summed E-state index contributed by atoms with van der Waals surface area (Å²) in [6.45, 7) is 0.158. The summed E-state index contributed by atoms with van der Waals surface area (Å²) in [5, 5.41) is 2.51. The van der Waals surface area contributed by atoms with Gasteiger partial charge in [0.1, 0.15) is 12.3 Å². The number of urea groups is 1. The van der Waals surface area contributed by atoms with Gasteiger partial charge in [0, 0.05) is 25.7 Å². The molecule has 1 fully saturated rings. The topological polar surface area (TPSA) is 79.0 Å². The standard InChI is InChI=1S/C15H16F3N3O4/c1-20-9-13(23)21(14(20)24)8-2-3-12(22)19-10-4-6-11(7-5-10)25-15(16,17)18/h4-7H,2-3,8-9H2,1H3,(H,19,22). The Hall–Kier alpha value is -2.78. The van der Waals surface area contributed by atoms with Gasteiger partial charge in [0.25, 0.3) is 0 Å². The van der Waals surface area contributed by atoms with E-state index in [-0.39, 0.29) is 43.5 Å². The summed E-state index contributed by atoms with van der Waals surface area (Å²) in [7, 11) is 1.51. The number of hydrogen-bond acceptors (Lipinski definition) is 4. The van der Waals surface area contributed by atoms with Crippen LogP contribution >= 0.6 is 0 Å². The molecular formula is C15H16F3N3O4. The number of anilines is 1. The fraction of sp³-hybridized carbons (Fsp3) is 0.400. The van der Waals surface area contributed by atoms with Gasteiger partial charge in [-0.2, -0.15) is 0 Å². The van der Waals surface area contributed by atoms with Crippen LogP contribution in [0.2, 0.25) is 0 Å². The Morgan fingerprint density at radius 1 is 1.24 bits per heavy atom. The van der Waals surface area contributed by atoms with Crippen LogP contribution in [0, 0.1) is 0 Å². The molecule has 0 aliphatic carbocycles. The van der Waals surface area contributed by atoms with Crippen LogP contribution < -0.4 is 10.1 Å². The molecule has 0 saturated carbocycles. The van der Waals surface area contributed by atoms with E-state index < -0.39 is 12.4 Å². The number of alkyl halides is 3. The summed E-state index contributed by atoms with van der Waals surface area (Å²) in [5.41, 5.74) is 0.313. The number of carbonyl (C=O) groups is 3. The predicted octanol–water partition coefficient (Wildman–Crippen LogP) is 2.20. The van der Waals surface area contributed by atoms with Crippen molar-refractivity contribution in [3.05, 3.63) is 24.3 Å². The number of hydrogen-bond donors (Lipinski definition) is 1. The maximum absolute atomic E-state index is 12.1. The Balaban J connectivity index is 1.77. The number of amides is 4. The van der Waals surface area contributed by atoms with Gasteiger partial charge in [0.05, 0.1) is 0 Å². The van der Waals surface area contributed by atoms with Crippen LogP contribution in [-0.2, 0) is 9.59 Å². The second-order valence-electron chi connectivity index (χ2n) is 5.41. The molecule has 1 aromatic carbocycles. The number of likely N-dealkylation sites (N-methyl/N-ethyl adjacent to an activating group) is 1. The minimum absolute atomic E-state index is 0.0252. The van der Waals surface area contributed by atoms with Crippen molar-refractivity contribution in [1.82, 2.24) is 9.80 Å². The Bertz CT molecular complexity index is 661. The van der Waals surface area contributed by atoms with E-state index in [1.54, 1.807) is 0 Å². The first-order valence-electron chi connectivity index (χ1n) is 7.37. The van der Waals surface area contributed by atoms with E-state index in [2.05, 4.69) is 10.1 Å². The van der Waals surface area contributed by atoms with E-state index in [4.69, 9.17) is 0 Å². The van der Waals surface area contributed by atoms with Crippen molar-refractivity contribution < 1.29 is 32.3 Å². The lowest BCUT2D eigenvalue weighted by Gasteiger charge is -2.13. The van der Waals surface area contributed by atoms with Crippen LogP contribution in [0.4, 0.5) is 23.7 Å². The van der Waals surface area contributed by atoms with Gasteiger partial charge >= 0.3 is 12.4 Å². The Morgan fingerprint density at radius 3 is 2.40 bits per heavy atom. The van der Waals surface area contributed by atoms with E-state index in [1.807, 2.05) is 0 Å². The van der Waals surface area contributed by atoms with Crippen molar-refractivity contribution in [2.24, 2.45) is 0 Å². The highest BCUT2D eigenvalue weighted by Gasteiger charge is 2.33. The summed E-state index contributed by atoms with van der Waals surface area (Å²) >= 11 is 0. The third-order valence-corrected chi connectivity index (χ3v) is 3.39. The molecule has 1 aromatic rings. The lowest BCUT2D eigenvalue weighted by Crippen LogP contribution is -2.32. The van der Waals surface area contributed by atoms with Crippen molar-refractivity contribution in [3.8, 4) is 5.75 Å². The number of ether oxygens (including phenoxy) is 1. The Kier molecular flexibility index (Phi) is 5.50. The highest BCUT2D eigenvalue weighted by molar-refractivity contribution is 6.01. The third-order valence-electron chi connectivity index (χ3n) is 3.39. The monoisotopic (exact) mass is 359 g/mol. The fourth-order valence-corrected chi connectivity index (χ4v) is 2.25. The molecule has 1 aliphatic rings. The summed E-state index contributed by atoms with van der Waals surface area (Å²) in [6.07, 6.45) is -4.43. The Morgan fingerprint density at radius 2 is 1.88 bits per heavy atom. The van der Waals surface area contributed by atoms with Gasteiger partial charge in [-0.15, -0.1) is 13.2 Å². The minimum Gasteiger partial charge on any atom is -0.406 e. The molecule has 25 heavy (non-hydrogen) atoms. The smallest absolute Gasteiger partial charge is 0.406 e. The van der Waals surface area contributed by atoms with E-state index in [0.717, 1.165) is 17.0 Å². The molecule has 1 N–H and O–H groups in total. The molecule has 0 unspecified atom stereocenters. The number of halogens is 3. The molecule has 0 atom stereocenters. The van der Waals surface area contributed by atoms with Crippen molar-refractivity contribution in [2.45, 2.75) is 19.2 Å². The predicted molar refractivity (Wildman–Crippen MR) is 80.7 cm³/mol. The molecule has 0 aromatic heterocycles.